The van der Waals surface area contributed by atoms with Gasteiger partial charge < -0.3 is 4.74 Å². The predicted molar refractivity (Wildman–Crippen MR) is 83.4 cm³/mol. The SMILES string of the molecule is C=C(OCC)c1cc(Br)nc2c1cnn2C1CCCC1. The van der Waals surface area contributed by atoms with Crippen LogP contribution in [0, 0.1) is 0 Å². The number of halogens is 1. The van der Waals surface area contributed by atoms with Crippen LogP contribution in [0.3, 0.4) is 0 Å². The average Bonchev–Trinajstić information content (AvgIpc) is 3.05. The lowest BCUT2D eigenvalue weighted by atomic mass is 10.1. The summed E-state index contributed by atoms with van der Waals surface area (Å²) in [6.45, 7) is 6.57. The maximum atomic E-state index is 5.55. The first-order chi connectivity index (χ1) is 9.70. The summed E-state index contributed by atoms with van der Waals surface area (Å²) in [5, 5.41) is 5.57. The fourth-order valence-corrected chi connectivity index (χ4v) is 3.28. The van der Waals surface area contributed by atoms with Crippen molar-refractivity contribution in [2.75, 3.05) is 6.61 Å². The van der Waals surface area contributed by atoms with Crippen molar-refractivity contribution in [2.24, 2.45) is 0 Å². The summed E-state index contributed by atoms with van der Waals surface area (Å²) >= 11 is 3.48. The van der Waals surface area contributed by atoms with Gasteiger partial charge in [0.1, 0.15) is 10.4 Å². The molecular weight excluding hydrogens is 318 g/mol. The van der Waals surface area contributed by atoms with E-state index in [2.05, 4.69) is 37.3 Å². The molecule has 0 N–H and O–H groups in total. The molecule has 2 heterocycles. The zero-order valence-corrected chi connectivity index (χ0v) is 13.2. The number of pyridine rings is 1. The average molecular weight is 336 g/mol. The second-order valence-electron chi connectivity index (χ2n) is 5.11. The standard InChI is InChI=1S/C15H18BrN3O/c1-3-20-10(2)12-8-14(16)18-15-13(12)9-17-19(15)11-6-4-5-7-11/h8-9,11H,2-7H2,1H3. The first kappa shape index (κ1) is 13.6. The van der Waals surface area contributed by atoms with Gasteiger partial charge in [-0.05, 0) is 41.8 Å². The van der Waals surface area contributed by atoms with E-state index in [0.29, 0.717) is 18.4 Å². The molecule has 0 atom stereocenters. The maximum absolute atomic E-state index is 5.55. The lowest BCUT2D eigenvalue weighted by Gasteiger charge is -2.12. The second-order valence-corrected chi connectivity index (χ2v) is 5.93. The first-order valence-electron chi connectivity index (χ1n) is 7.06. The number of ether oxygens (including phenoxy) is 1. The van der Waals surface area contributed by atoms with Crippen molar-refractivity contribution in [3.05, 3.63) is 29.0 Å². The molecule has 0 spiro atoms. The zero-order valence-electron chi connectivity index (χ0n) is 11.6. The van der Waals surface area contributed by atoms with Gasteiger partial charge in [-0.2, -0.15) is 5.10 Å². The Kier molecular flexibility index (Phi) is 3.78. The molecule has 0 unspecified atom stereocenters. The molecule has 1 saturated carbocycles. The zero-order chi connectivity index (χ0) is 14.1. The molecule has 2 aromatic heterocycles. The Bertz CT molecular complexity index is 644. The van der Waals surface area contributed by atoms with Crippen molar-refractivity contribution in [3.63, 3.8) is 0 Å². The smallest absolute Gasteiger partial charge is 0.160 e. The van der Waals surface area contributed by atoms with Crippen LogP contribution in [0.15, 0.2) is 23.4 Å². The summed E-state index contributed by atoms with van der Waals surface area (Å²) in [5.74, 6) is 0.673. The minimum Gasteiger partial charge on any atom is -0.494 e. The van der Waals surface area contributed by atoms with Gasteiger partial charge in [-0.25, -0.2) is 9.67 Å². The molecule has 0 bridgehead atoms. The highest BCUT2D eigenvalue weighted by molar-refractivity contribution is 9.10. The molecule has 0 saturated heterocycles. The van der Waals surface area contributed by atoms with Gasteiger partial charge >= 0.3 is 0 Å². The Morgan fingerprint density at radius 1 is 1.50 bits per heavy atom. The molecule has 1 fully saturated rings. The van der Waals surface area contributed by atoms with Gasteiger partial charge in [-0.1, -0.05) is 19.4 Å². The van der Waals surface area contributed by atoms with Gasteiger partial charge in [0.15, 0.2) is 5.65 Å². The highest BCUT2D eigenvalue weighted by Gasteiger charge is 2.22. The maximum Gasteiger partial charge on any atom is 0.160 e. The van der Waals surface area contributed by atoms with Crippen LogP contribution in [0.2, 0.25) is 0 Å². The minimum atomic E-state index is 0.475. The molecule has 0 aliphatic heterocycles. The van der Waals surface area contributed by atoms with Crippen LogP contribution in [0.1, 0.15) is 44.2 Å². The van der Waals surface area contributed by atoms with Crippen LogP contribution in [0.4, 0.5) is 0 Å². The van der Waals surface area contributed by atoms with Crippen LogP contribution < -0.4 is 0 Å². The monoisotopic (exact) mass is 335 g/mol. The van der Waals surface area contributed by atoms with E-state index in [9.17, 15) is 0 Å². The first-order valence-corrected chi connectivity index (χ1v) is 7.86. The minimum absolute atomic E-state index is 0.475. The molecule has 1 aliphatic carbocycles. The van der Waals surface area contributed by atoms with Crippen LogP contribution >= 0.6 is 15.9 Å². The van der Waals surface area contributed by atoms with Gasteiger partial charge in [0.05, 0.1) is 24.2 Å². The van der Waals surface area contributed by atoms with Gasteiger partial charge in [-0.15, -0.1) is 0 Å². The molecule has 4 nitrogen and oxygen atoms in total. The molecule has 3 rings (SSSR count). The highest BCUT2D eigenvalue weighted by atomic mass is 79.9. The van der Waals surface area contributed by atoms with Crippen LogP contribution in [-0.4, -0.2) is 21.4 Å². The van der Waals surface area contributed by atoms with E-state index in [4.69, 9.17) is 4.74 Å². The number of nitrogens with zero attached hydrogens (tertiary/aromatic N) is 3. The highest BCUT2D eigenvalue weighted by Crippen LogP contribution is 2.33. The summed E-state index contributed by atoms with van der Waals surface area (Å²) in [5.41, 5.74) is 1.88. The van der Waals surface area contributed by atoms with E-state index in [0.717, 1.165) is 21.2 Å². The van der Waals surface area contributed by atoms with Crippen LogP contribution in [0.25, 0.3) is 16.8 Å². The lowest BCUT2D eigenvalue weighted by Crippen LogP contribution is -2.07. The number of hydrogen-bond acceptors (Lipinski definition) is 3. The van der Waals surface area contributed by atoms with E-state index in [1.807, 2.05) is 19.2 Å². The molecule has 0 amide bonds. The second kappa shape index (κ2) is 5.56. The Morgan fingerprint density at radius 3 is 2.95 bits per heavy atom. The van der Waals surface area contributed by atoms with E-state index in [-0.39, 0.29) is 0 Å². The Morgan fingerprint density at radius 2 is 2.25 bits per heavy atom. The third-order valence-electron chi connectivity index (χ3n) is 3.83. The fraction of sp³-hybridized carbons (Fsp3) is 0.467. The van der Waals surface area contributed by atoms with Gasteiger partial charge in [0, 0.05) is 5.56 Å². The largest absolute Gasteiger partial charge is 0.494 e. The molecule has 0 aromatic carbocycles. The number of fused-ring (bicyclic) bond motifs is 1. The summed E-state index contributed by atoms with van der Waals surface area (Å²) in [7, 11) is 0. The molecule has 5 heteroatoms. The third-order valence-corrected chi connectivity index (χ3v) is 4.23. The van der Waals surface area contributed by atoms with Crippen molar-refractivity contribution >= 4 is 32.7 Å². The van der Waals surface area contributed by atoms with E-state index >= 15 is 0 Å². The molecular formula is C15H18BrN3O. The summed E-state index contributed by atoms with van der Waals surface area (Å²) in [6, 6.07) is 2.42. The molecule has 20 heavy (non-hydrogen) atoms. The normalized spacial score (nSPS) is 15.9. The lowest BCUT2D eigenvalue weighted by molar-refractivity contribution is 0.299. The summed E-state index contributed by atoms with van der Waals surface area (Å²) < 4.78 is 8.40. The summed E-state index contributed by atoms with van der Waals surface area (Å²) in [4.78, 5) is 4.60. The molecule has 1 aliphatic rings. The van der Waals surface area contributed by atoms with Gasteiger partial charge in [0.2, 0.25) is 0 Å². The quantitative estimate of drug-likeness (QED) is 0.617. The van der Waals surface area contributed by atoms with E-state index in [1.54, 1.807) is 0 Å². The van der Waals surface area contributed by atoms with E-state index < -0.39 is 0 Å². The van der Waals surface area contributed by atoms with Crippen LogP contribution in [-0.2, 0) is 4.74 Å². The molecule has 106 valence electrons. The number of hydrogen-bond donors (Lipinski definition) is 0. The Labute approximate surface area is 127 Å². The topological polar surface area (TPSA) is 39.9 Å². The van der Waals surface area contributed by atoms with Crippen molar-refractivity contribution in [1.82, 2.24) is 14.8 Å². The van der Waals surface area contributed by atoms with E-state index in [1.165, 1.54) is 25.7 Å². The summed E-state index contributed by atoms with van der Waals surface area (Å²) in [6.07, 6.45) is 6.81. The molecule has 0 radical (unpaired) electrons. The Balaban J connectivity index is 2.11. The van der Waals surface area contributed by atoms with Crippen LogP contribution in [0.5, 0.6) is 0 Å². The van der Waals surface area contributed by atoms with Gasteiger partial charge in [0.25, 0.3) is 0 Å². The Hall–Kier alpha value is -1.36. The molecule has 2 aromatic rings. The van der Waals surface area contributed by atoms with Gasteiger partial charge in [-0.3, -0.25) is 0 Å². The van der Waals surface area contributed by atoms with Crippen molar-refractivity contribution in [3.8, 4) is 0 Å². The van der Waals surface area contributed by atoms with Crippen molar-refractivity contribution in [2.45, 2.75) is 38.6 Å². The number of rotatable bonds is 4. The van der Waals surface area contributed by atoms with Crippen molar-refractivity contribution < 1.29 is 4.74 Å². The number of aromatic nitrogens is 3. The third kappa shape index (κ3) is 2.35. The fourth-order valence-electron chi connectivity index (χ4n) is 2.89. The predicted octanol–water partition coefficient (Wildman–Crippen LogP) is 4.32. The van der Waals surface area contributed by atoms with Crippen molar-refractivity contribution in [1.29, 1.82) is 0 Å².